The molecule has 2 aromatic carbocycles. The summed E-state index contributed by atoms with van der Waals surface area (Å²) in [6, 6.07) is 12.3. The molecule has 0 bridgehead atoms. The Hall–Kier alpha value is -3.15. The predicted molar refractivity (Wildman–Crippen MR) is 146 cm³/mol. The number of carbonyl (C=O) groups is 1. The first-order valence-electron chi connectivity index (χ1n) is 13.6. The number of hydrogen-bond donors (Lipinski definition) is 6. The summed E-state index contributed by atoms with van der Waals surface area (Å²) in [5.74, 6) is -7.17. The molecular weight excluding hydrogens is 572 g/mol. The molecule has 3 heterocycles. The zero-order chi connectivity index (χ0) is 30.1. The average Bonchev–Trinajstić information content (AvgIpc) is 3.65. The van der Waals surface area contributed by atoms with Crippen molar-refractivity contribution in [3.05, 3.63) is 60.3 Å². The Morgan fingerprint density at radius 3 is 2.74 bits per heavy atom. The molecule has 2 saturated heterocycles. The minimum Gasteiger partial charge on any atom is -0.407 e. The zero-order valence-electron chi connectivity index (χ0n) is 22.8. The van der Waals surface area contributed by atoms with Gasteiger partial charge in [-0.25, -0.2) is 13.2 Å². The first kappa shape index (κ1) is 30.3. The van der Waals surface area contributed by atoms with E-state index in [1.54, 1.807) is 43.3 Å². The molecule has 0 spiro atoms. The van der Waals surface area contributed by atoms with Crippen molar-refractivity contribution in [2.45, 2.75) is 61.3 Å². The number of nitrogens with one attached hydrogen (secondary N) is 2. The number of ether oxygens (including phenoxy) is 3. The molecule has 5 unspecified atom stereocenters. The third kappa shape index (κ3) is 5.87. The summed E-state index contributed by atoms with van der Waals surface area (Å²) in [7, 11) is -4.07. The number of benzene rings is 2. The molecule has 6 N–H and O–H groups in total. The number of aromatic amines is 1. The van der Waals surface area contributed by atoms with E-state index < -0.39 is 52.2 Å². The van der Waals surface area contributed by atoms with Crippen LogP contribution in [0.25, 0.3) is 10.9 Å². The molecule has 0 aliphatic carbocycles. The van der Waals surface area contributed by atoms with E-state index in [0.717, 1.165) is 4.31 Å². The summed E-state index contributed by atoms with van der Waals surface area (Å²) in [5, 5.41) is 52.6. The van der Waals surface area contributed by atoms with Gasteiger partial charge >= 0.3 is 17.9 Å². The molecule has 42 heavy (non-hydrogen) atoms. The number of aliphatic hydroxyl groups is 4. The second-order valence-corrected chi connectivity index (χ2v) is 12.4. The average molecular weight is 607 g/mol. The van der Waals surface area contributed by atoms with Crippen molar-refractivity contribution in [1.29, 1.82) is 0 Å². The van der Waals surface area contributed by atoms with E-state index in [1.165, 1.54) is 18.3 Å². The highest BCUT2D eigenvalue weighted by Gasteiger charge is 2.70. The lowest BCUT2D eigenvalue weighted by molar-refractivity contribution is -0.439. The van der Waals surface area contributed by atoms with Gasteiger partial charge in [0.25, 0.3) is 0 Å². The topological polar surface area (TPSA) is 204 Å². The van der Waals surface area contributed by atoms with Crippen LogP contribution in [0.5, 0.6) is 0 Å². The number of carbonyl (C=O) groups excluding carboxylic acids is 1. The van der Waals surface area contributed by atoms with Crippen molar-refractivity contribution in [2.24, 2.45) is 5.92 Å². The first-order valence-corrected chi connectivity index (χ1v) is 15.0. The van der Waals surface area contributed by atoms with Crippen LogP contribution in [0.3, 0.4) is 0 Å². The molecule has 2 aliphatic heterocycles. The molecular formula is C27H34N4O10S. The van der Waals surface area contributed by atoms with E-state index in [-0.39, 0.29) is 37.4 Å². The van der Waals surface area contributed by atoms with Gasteiger partial charge in [-0.1, -0.05) is 37.3 Å². The maximum atomic E-state index is 13.6. The smallest absolute Gasteiger partial charge is 0.407 e. The lowest BCUT2D eigenvalue weighted by Crippen LogP contribution is -2.59. The van der Waals surface area contributed by atoms with Gasteiger partial charge in [-0.3, -0.25) is 9.84 Å². The lowest BCUT2D eigenvalue weighted by Gasteiger charge is -2.34. The van der Waals surface area contributed by atoms with Gasteiger partial charge in [0.2, 0.25) is 10.0 Å². The zero-order valence-corrected chi connectivity index (χ0v) is 23.6. The highest BCUT2D eigenvalue weighted by Crippen LogP contribution is 2.47. The van der Waals surface area contributed by atoms with Gasteiger partial charge in [0, 0.05) is 18.5 Å². The largest absolute Gasteiger partial charge is 0.410 e. The van der Waals surface area contributed by atoms with E-state index in [0.29, 0.717) is 22.9 Å². The number of H-pyrrole nitrogens is 1. The monoisotopic (exact) mass is 606 g/mol. The van der Waals surface area contributed by atoms with Crippen molar-refractivity contribution >= 4 is 27.0 Å². The quantitative estimate of drug-likeness (QED) is 0.165. The molecule has 1 amide bonds. The molecule has 0 saturated carbocycles. The number of sulfonamides is 1. The van der Waals surface area contributed by atoms with Crippen molar-refractivity contribution < 1.29 is 47.8 Å². The Morgan fingerprint density at radius 1 is 1.24 bits per heavy atom. The third-order valence-electron chi connectivity index (χ3n) is 7.52. The summed E-state index contributed by atoms with van der Waals surface area (Å²) in [4.78, 5) is 13.1. The number of alkyl carbamates (subject to hydrolysis) is 1. The van der Waals surface area contributed by atoms with Crippen molar-refractivity contribution in [1.82, 2.24) is 19.8 Å². The van der Waals surface area contributed by atoms with Gasteiger partial charge in [0.1, 0.15) is 0 Å². The van der Waals surface area contributed by atoms with Gasteiger partial charge in [-0.05, 0) is 43.0 Å². The molecule has 2 aliphatic rings. The number of nitrogens with zero attached hydrogens (tertiary/aromatic N) is 2. The van der Waals surface area contributed by atoms with E-state index in [9.17, 15) is 33.6 Å². The number of rotatable bonds is 11. The predicted octanol–water partition coefficient (Wildman–Crippen LogP) is 0.382. The maximum Gasteiger partial charge on any atom is 0.410 e. The fourth-order valence-corrected chi connectivity index (χ4v) is 6.87. The van der Waals surface area contributed by atoms with Crippen LogP contribution in [0.2, 0.25) is 0 Å². The van der Waals surface area contributed by atoms with Crippen molar-refractivity contribution in [3.8, 4) is 0 Å². The highest BCUT2D eigenvalue weighted by atomic mass is 32.2. The molecule has 2 fully saturated rings. The minimum absolute atomic E-state index is 0.0167. The fraction of sp³-hybridized carbons (Fsp3) is 0.481. The standard InChI is InChI=1S/C27H34N4O10S/c1-2-11-31(42(37,38)19-8-9-21-18(14-19)15-28-30-21)16-23(32)22(13-17-6-4-3-5-7-17)29-25(33)41-26(34)20-10-12-39-24(20)40-27(26,35)36/h3-9,14-15,20,22-24,32,34-36H,2,10-13,16H2,1H3,(H,28,30)(H,29,33). The van der Waals surface area contributed by atoms with Crippen molar-refractivity contribution in [2.75, 3.05) is 19.7 Å². The van der Waals surface area contributed by atoms with E-state index in [1.807, 2.05) is 0 Å². The van der Waals surface area contributed by atoms with Crippen LogP contribution in [0.1, 0.15) is 25.3 Å². The summed E-state index contributed by atoms with van der Waals surface area (Å²) in [5.41, 5.74) is 1.38. The summed E-state index contributed by atoms with van der Waals surface area (Å²) in [6.45, 7) is 1.64. The van der Waals surface area contributed by atoms with Crippen LogP contribution in [0.15, 0.2) is 59.6 Å². The van der Waals surface area contributed by atoms with E-state index >= 15 is 0 Å². The van der Waals surface area contributed by atoms with Gasteiger partial charge in [0.05, 0.1) is 41.3 Å². The van der Waals surface area contributed by atoms with Crippen LogP contribution < -0.4 is 5.32 Å². The fourth-order valence-electron chi connectivity index (χ4n) is 5.29. The maximum absolute atomic E-state index is 13.6. The number of aromatic nitrogens is 2. The second-order valence-electron chi connectivity index (χ2n) is 10.4. The van der Waals surface area contributed by atoms with Gasteiger partial charge in [-0.15, -0.1) is 0 Å². The Balaban J connectivity index is 1.36. The van der Waals surface area contributed by atoms with Crippen LogP contribution in [0, 0.1) is 5.92 Å². The minimum atomic E-state index is -4.07. The summed E-state index contributed by atoms with van der Waals surface area (Å²) >= 11 is 0. The van der Waals surface area contributed by atoms with Crippen LogP contribution in [-0.2, 0) is 30.7 Å². The highest BCUT2D eigenvalue weighted by molar-refractivity contribution is 7.89. The van der Waals surface area contributed by atoms with E-state index in [4.69, 9.17) is 14.2 Å². The van der Waals surface area contributed by atoms with Crippen LogP contribution >= 0.6 is 0 Å². The van der Waals surface area contributed by atoms with Crippen LogP contribution in [-0.4, -0.2) is 99.3 Å². The SMILES string of the molecule is CCCN(CC(O)C(Cc1ccccc1)NC(=O)OC1(O)C2CCOC2OC1(O)O)S(=O)(=O)c1ccc2[nH]ncc2c1. The number of aliphatic hydroxyl groups excluding tert-OH is 1. The van der Waals surface area contributed by atoms with Gasteiger partial charge in [0.15, 0.2) is 6.29 Å². The number of hydrogen-bond acceptors (Lipinski definition) is 11. The summed E-state index contributed by atoms with van der Waals surface area (Å²) in [6.07, 6.45) is -1.77. The molecule has 5 rings (SSSR count). The Kier molecular flexibility index (Phi) is 8.55. The van der Waals surface area contributed by atoms with Crippen LogP contribution in [0.4, 0.5) is 4.79 Å². The number of amides is 1. The molecule has 3 aromatic rings. The molecule has 228 valence electrons. The second kappa shape index (κ2) is 11.9. The lowest BCUT2D eigenvalue weighted by atomic mass is 9.97. The number of fused-ring (bicyclic) bond motifs is 2. The van der Waals surface area contributed by atoms with Crippen molar-refractivity contribution in [3.63, 3.8) is 0 Å². The Morgan fingerprint density at radius 2 is 2.00 bits per heavy atom. The molecule has 0 radical (unpaired) electrons. The molecule has 5 atom stereocenters. The van der Waals surface area contributed by atoms with Gasteiger partial charge in [-0.2, -0.15) is 9.40 Å². The summed E-state index contributed by atoms with van der Waals surface area (Å²) < 4.78 is 43.7. The Labute approximate surface area is 241 Å². The third-order valence-corrected chi connectivity index (χ3v) is 9.38. The van der Waals surface area contributed by atoms with Gasteiger partial charge < -0.3 is 35.2 Å². The normalized spacial score (nSPS) is 24.9. The Bertz CT molecular complexity index is 1500. The van der Waals surface area contributed by atoms with E-state index in [2.05, 4.69) is 15.5 Å². The molecule has 14 nitrogen and oxygen atoms in total. The molecule has 1 aromatic heterocycles. The first-order chi connectivity index (χ1) is 19.9. The molecule has 15 heteroatoms.